The quantitative estimate of drug-likeness (QED) is 0.123. The molecule has 5 rings (SSSR count). The zero-order valence-corrected chi connectivity index (χ0v) is 22.3. The number of halogens is 1. The molecule has 194 valence electrons. The maximum absolute atomic E-state index is 12.5. The number of benzene rings is 4. The smallest absolute Gasteiger partial charge is 0.250 e. The standard InChI is InChI=1S/C30H24ClN5O2S/c31-25-15-13-24(14-16-25)29-34-35-30(36(29)26-9-5-2-6-10-26)39-21-28(37)33-32-19-22-11-17-27(18-12-22)38-20-23-7-3-1-4-8-23/h1-19H,20-21H2,(H,33,37). The average Bonchev–Trinajstić information content (AvgIpc) is 3.41. The average molecular weight is 554 g/mol. The van der Waals surface area contributed by atoms with Gasteiger partial charge in [-0.15, -0.1) is 10.2 Å². The lowest BCUT2D eigenvalue weighted by Crippen LogP contribution is -2.20. The second kappa shape index (κ2) is 12.9. The van der Waals surface area contributed by atoms with Crippen molar-refractivity contribution in [2.75, 3.05) is 5.75 Å². The number of nitrogens with zero attached hydrogens (tertiary/aromatic N) is 4. The van der Waals surface area contributed by atoms with Crippen molar-refractivity contribution in [1.29, 1.82) is 0 Å². The summed E-state index contributed by atoms with van der Waals surface area (Å²) in [5.41, 5.74) is 6.28. The van der Waals surface area contributed by atoms with E-state index >= 15 is 0 Å². The third-order valence-corrected chi connectivity index (χ3v) is 6.79. The van der Waals surface area contributed by atoms with Crippen LogP contribution in [0.2, 0.25) is 5.02 Å². The van der Waals surface area contributed by atoms with Crippen LogP contribution >= 0.6 is 23.4 Å². The van der Waals surface area contributed by atoms with Gasteiger partial charge >= 0.3 is 0 Å². The molecule has 0 aliphatic carbocycles. The molecule has 0 spiro atoms. The molecule has 0 aliphatic heterocycles. The Morgan fingerprint density at radius 1 is 0.897 bits per heavy atom. The van der Waals surface area contributed by atoms with Crippen LogP contribution in [0.15, 0.2) is 119 Å². The molecule has 0 atom stereocenters. The molecule has 0 fully saturated rings. The number of ether oxygens (including phenoxy) is 1. The SMILES string of the molecule is O=C(CSc1nnc(-c2ccc(Cl)cc2)n1-c1ccccc1)NN=Cc1ccc(OCc2ccccc2)cc1. The number of rotatable bonds is 10. The van der Waals surface area contributed by atoms with Gasteiger partial charge in [-0.2, -0.15) is 5.10 Å². The Bertz CT molecular complexity index is 1540. The van der Waals surface area contributed by atoms with Gasteiger partial charge < -0.3 is 4.74 Å². The highest BCUT2D eigenvalue weighted by atomic mass is 35.5. The van der Waals surface area contributed by atoms with Crippen molar-refractivity contribution < 1.29 is 9.53 Å². The molecule has 0 radical (unpaired) electrons. The fraction of sp³-hybridized carbons (Fsp3) is 0.0667. The molecule has 9 heteroatoms. The van der Waals surface area contributed by atoms with Crippen LogP contribution in [0.3, 0.4) is 0 Å². The molecule has 0 bridgehead atoms. The summed E-state index contributed by atoms with van der Waals surface area (Å²) in [4.78, 5) is 12.5. The highest BCUT2D eigenvalue weighted by Crippen LogP contribution is 2.28. The number of thioether (sulfide) groups is 1. The third-order valence-electron chi connectivity index (χ3n) is 5.61. The van der Waals surface area contributed by atoms with Crippen LogP contribution < -0.4 is 10.2 Å². The van der Waals surface area contributed by atoms with E-state index in [-0.39, 0.29) is 11.7 Å². The zero-order valence-electron chi connectivity index (χ0n) is 20.8. The summed E-state index contributed by atoms with van der Waals surface area (Å²) in [6.45, 7) is 0.501. The lowest BCUT2D eigenvalue weighted by atomic mass is 10.2. The summed E-state index contributed by atoms with van der Waals surface area (Å²) >= 11 is 7.34. The molecule has 1 N–H and O–H groups in total. The zero-order chi connectivity index (χ0) is 26.9. The van der Waals surface area contributed by atoms with E-state index in [0.717, 1.165) is 28.1 Å². The predicted molar refractivity (Wildman–Crippen MR) is 155 cm³/mol. The molecule has 0 saturated heterocycles. The molecular weight excluding hydrogens is 530 g/mol. The van der Waals surface area contributed by atoms with Gasteiger partial charge in [0.15, 0.2) is 11.0 Å². The highest BCUT2D eigenvalue weighted by Gasteiger charge is 2.17. The van der Waals surface area contributed by atoms with E-state index in [4.69, 9.17) is 16.3 Å². The number of amides is 1. The molecule has 1 amide bonds. The Morgan fingerprint density at radius 3 is 2.31 bits per heavy atom. The minimum Gasteiger partial charge on any atom is -0.489 e. The second-order valence-corrected chi connectivity index (χ2v) is 9.79. The molecule has 4 aromatic carbocycles. The highest BCUT2D eigenvalue weighted by molar-refractivity contribution is 7.99. The Kier molecular flexibility index (Phi) is 8.68. The molecular formula is C30H24ClN5O2S. The molecule has 7 nitrogen and oxygen atoms in total. The summed E-state index contributed by atoms with van der Waals surface area (Å²) < 4.78 is 7.73. The van der Waals surface area contributed by atoms with Crippen molar-refractivity contribution in [2.45, 2.75) is 11.8 Å². The molecule has 0 aliphatic rings. The molecule has 0 saturated carbocycles. The molecule has 1 heterocycles. The van der Waals surface area contributed by atoms with Crippen LogP contribution in [-0.4, -0.2) is 32.6 Å². The summed E-state index contributed by atoms with van der Waals surface area (Å²) in [6, 6.07) is 34.7. The first-order valence-electron chi connectivity index (χ1n) is 12.1. The number of hydrazone groups is 1. The largest absolute Gasteiger partial charge is 0.489 e. The van der Waals surface area contributed by atoms with Gasteiger partial charge in [-0.05, 0) is 71.8 Å². The molecule has 1 aromatic heterocycles. The summed E-state index contributed by atoms with van der Waals surface area (Å²) in [5, 5.41) is 14.1. The number of nitrogens with one attached hydrogen (secondary N) is 1. The van der Waals surface area contributed by atoms with Gasteiger partial charge in [-0.25, -0.2) is 5.43 Å². The Balaban J connectivity index is 1.18. The van der Waals surface area contributed by atoms with Crippen LogP contribution in [-0.2, 0) is 11.4 Å². The number of aromatic nitrogens is 3. The lowest BCUT2D eigenvalue weighted by Gasteiger charge is -2.10. The Hall–Kier alpha value is -4.40. The summed E-state index contributed by atoms with van der Waals surface area (Å²) in [6.07, 6.45) is 1.59. The van der Waals surface area contributed by atoms with E-state index in [1.807, 2.05) is 114 Å². The van der Waals surface area contributed by atoms with Crippen molar-refractivity contribution in [2.24, 2.45) is 5.10 Å². The van der Waals surface area contributed by atoms with E-state index in [2.05, 4.69) is 20.7 Å². The molecule has 0 unspecified atom stereocenters. The van der Waals surface area contributed by atoms with Crippen molar-refractivity contribution in [3.63, 3.8) is 0 Å². The topological polar surface area (TPSA) is 81.4 Å². The van der Waals surface area contributed by atoms with Gasteiger partial charge in [0, 0.05) is 16.3 Å². The van der Waals surface area contributed by atoms with E-state index in [0.29, 0.717) is 22.6 Å². The van der Waals surface area contributed by atoms with Crippen molar-refractivity contribution in [3.05, 3.63) is 125 Å². The Morgan fingerprint density at radius 2 is 1.59 bits per heavy atom. The van der Waals surface area contributed by atoms with Crippen LogP contribution in [0.1, 0.15) is 11.1 Å². The van der Waals surface area contributed by atoms with E-state index in [1.165, 1.54) is 11.8 Å². The third kappa shape index (κ3) is 7.13. The fourth-order valence-electron chi connectivity index (χ4n) is 3.69. The Labute approximate surface area is 235 Å². The van der Waals surface area contributed by atoms with Crippen molar-refractivity contribution in [3.8, 4) is 22.8 Å². The van der Waals surface area contributed by atoms with Crippen molar-refractivity contribution in [1.82, 2.24) is 20.2 Å². The van der Waals surface area contributed by atoms with Gasteiger partial charge in [-0.1, -0.05) is 71.9 Å². The van der Waals surface area contributed by atoms with Gasteiger partial charge in [0.05, 0.1) is 12.0 Å². The van der Waals surface area contributed by atoms with Crippen LogP contribution in [0.4, 0.5) is 0 Å². The number of carbonyl (C=O) groups is 1. The van der Waals surface area contributed by atoms with E-state index in [9.17, 15) is 4.79 Å². The summed E-state index contributed by atoms with van der Waals surface area (Å²) in [7, 11) is 0. The number of para-hydroxylation sites is 1. The molecule has 39 heavy (non-hydrogen) atoms. The minimum absolute atomic E-state index is 0.120. The lowest BCUT2D eigenvalue weighted by molar-refractivity contribution is -0.118. The maximum Gasteiger partial charge on any atom is 0.250 e. The van der Waals surface area contributed by atoms with Crippen LogP contribution in [0, 0.1) is 0 Å². The number of hydrogen-bond acceptors (Lipinski definition) is 6. The van der Waals surface area contributed by atoms with Gasteiger partial charge in [0.2, 0.25) is 0 Å². The minimum atomic E-state index is -0.255. The first-order chi connectivity index (χ1) is 19.2. The van der Waals surface area contributed by atoms with Gasteiger partial charge in [-0.3, -0.25) is 9.36 Å². The van der Waals surface area contributed by atoms with Crippen LogP contribution in [0.25, 0.3) is 17.1 Å². The molecule has 5 aromatic rings. The fourth-order valence-corrected chi connectivity index (χ4v) is 4.56. The van der Waals surface area contributed by atoms with Crippen LogP contribution in [0.5, 0.6) is 5.75 Å². The maximum atomic E-state index is 12.5. The predicted octanol–water partition coefficient (Wildman–Crippen LogP) is 6.41. The van der Waals surface area contributed by atoms with E-state index in [1.54, 1.807) is 6.21 Å². The monoisotopic (exact) mass is 553 g/mol. The van der Waals surface area contributed by atoms with Gasteiger partial charge in [0.1, 0.15) is 12.4 Å². The van der Waals surface area contributed by atoms with Gasteiger partial charge in [0.25, 0.3) is 5.91 Å². The van der Waals surface area contributed by atoms with E-state index < -0.39 is 0 Å². The number of hydrogen-bond donors (Lipinski definition) is 1. The normalized spacial score (nSPS) is 11.0. The number of carbonyl (C=O) groups excluding carboxylic acids is 1. The first kappa shape index (κ1) is 26.2. The first-order valence-corrected chi connectivity index (χ1v) is 13.5. The second-order valence-electron chi connectivity index (χ2n) is 8.41. The van der Waals surface area contributed by atoms with Crippen molar-refractivity contribution >= 4 is 35.5 Å². The summed E-state index contributed by atoms with van der Waals surface area (Å²) in [5.74, 6) is 1.29.